The fourth-order valence-electron chi connectivity index (χ4n) is 3.85. The zero-order valence-corrected chi connectivity index (χ0v) is 18.8. The van der Waals surface area contributed by atoms with Gasteiger partial charge in [0.1, 0.15) is 4.64 Å². The van der Waals surface area contributed by atoms with Crippen LogP contribution in [0.1, 0.15) is 49.4 Å². The lowest BCUT2D eigenvalue weighted by Gasteiger charge is -2.32. The molecule has 1 heterocycles. The van der Waals surface area contributed by atoms with Crippen molar-refractivity contribution in [3.8, 4) is 11.1 Å². The van der Waals surface area contributed by atoms with Gasteiger partial charge in [0.15, 0.2) is 0 Å². The first-order valence-electron chi connectivity index (χ1n) is 10.1. The number of primary amides is 1. The van der Waals surface area contributed by atoms with Gasteiger partial charge in [0.2, 0.25) is 0 Å². The molecule has 1 aromatic carbocycles. The molecule has 0 aliphatic heterocycles. The predicted octanol–water partition coefficient (Wildman–Crippen LogP) is 3.99. The summed E-state index contributed by atoms with van der Waals surface area (Å²) in [6, 6.07) is 5.99. The molecule has 0 spiro atoms. The molecule has 1 aliphatic carbocycles. The monoisotopic (exact) mass is 463 g/mol. The third-order valence-corrected chi connectivity index (χ3v) is 7.49. The van der Waals surface area contributed by atoms with Crippen LogP contribution in [0.4, 0.5) is 4.79 Å². The van der Waals surface area contributed by atoms with E-state index in [0.717, 1.165) is 23.6 Å². The van der Waals surface area contributed by atoms with E-state index in [4.69, 9.17) is 22.7 Å². The molecule has 0 atom stereocenters. The van der Waals surface area contributed by atoms with Crippen molar-refractivity contribution in [3.63, 3.8) is 0 Å². The molecular formula is C21H25N3O5S2. The van der Waals surface area contributed by atoms with E-state index in [1.807, 2.05) is 0 Å². The number of nitrogens with zero attached hydrogens (tertiary/aromatic N) is 1. The number of hydrogen-bond donors (Lipinski definition) is 2. The van der Waals surface area contributed by atoms with Crippen LogP contribution in [0.3, 0.4) is 0 Å². The van der Waals surface area contributed by atoms with Gasteiger partial charge in [-0.3, -0.25) is 0 Å². The number of nitrogens with two attached hydrogens (primary N) is 1. The number of rotatable bonds is 6. The maximum absolute atomic E-state index is 13.7. The smallest absolute Gasteiger partial charge is 0.338 e. The zero-order valence-electron chi connectivity index (χ0n) is 17.2. The molecule has 3 rings (SSSR count). The van der Waals surface area contributed by atoms with Crippen LogP contribution in [-0.2, 0) is 14.8 Å². The van der Waals surface area contributed by atoms with Gasteiger partial charge in [0.25, 0.3) is 10.0 Å². The number of benzene rings is 1. The molecule has 1 aliphatic rings. The summed E-state index contributed by atoms with van der Waals surface area (Å²) in [4.78, 5) is 27.3. The number of aromatic amines is 1. The van der Waals surface area contributed by atoms with Crippen molar-refractivity contribution in [1.29, 1.82) is 0 Å². The number of esters is 1. The van der Waals surface area contributed by atoms with Crippen LogP contribution in [0.15, 0.2) is 41.4 Å². The third-order valence-electron chi connectivity index (χ3n) is 5.26. The van der Waals surface area contributed by atoms with E-state index in [1.165, 1.54) is 18.2 Å². The third kappa shape index (κ3) is 4.80. The number of aromatic nitrogens is 1. The Morgan fingerprint density at radius 2 is 1.90 bits per heavy atom. The van der Waals surface area contributed by atoms with Crippen molar-refractivity contribution in [1.82, 2.24) is 9.29 Å². The maximum atomic E-state index is 13.7. The van der Waals surface area contributed by atoms with Gasteiger partial charge in [0, 0.05) is 17.3 Å². The Morgan fingerprint density at radius 1 is 1.19 bits per heavy atom. The van der Waals surface area contributed by atoms with Gasteiger partial charge in [-0.2, -0.15) is 0 Å². The van der Waals surface area contributed by atoms with Crippen LogP contribution in [0.5, 0.6) is 0 Å². The van der Waals surface area contributed by atoms with Gasteiger partial charge < -0.3 is 15.5 Å². The Bertz CT molecular complexity index is 1140. The summed E-state index contributed by atoms with van der Waals surface area (Å²) in [7, 11) is -4.38. The first-order valence-corrected chi connectivity index (χ1v) is 11.9. The fraction of sp³-hybridized carbons (Fsp3) is 0.381. The number of H-pyrrole nitrogens is 1. The Kier molecular flexibility index (Phi) is 7.11. The highest BCUT2D eigenvalue weighted by molar-refractivity contribution is 7.89. The molecule has 10 heteroatoms. The summed E-state index contributed by atoms with van der Waals surface area (Å²) in [6.45, 7) is 1.80. The maximum Gasteiger partial charge on any atom is 0.338 e. The van der Waals surface area contributed by atoms with Gasteiger partial charge >= 0.3 is 12.0 Å². The fourth-order valence-corrected chi connectivity index (χ4v) is 5.88. The topological polar surface area (TPSA) is 123 Å². The average molecular weight is 464 g/mol. The predicted molar refractivity (Wildman–Crippen MR) is 119 cm³/mol. The largest absolute Gasteiger partial charge is 0.462 e. The number of sulfonamides is 1. The Balaban J connectivity index is 2.22. The van der Waals surface area contributed by atoms with E-state index >= 15 is 0 Å². The lowest BCUT2D eigenvalue weighted by Crippen LogP contribution is -2.48. The molecule has 166 valence electrons. The van der Waals surface area contributed by atoms with Crippen molar-refractivity contribution >= 4 is 34.2 Å². The van der Waals surface area contributed by atoms with Gasteiger partial charge in [0.05, 0.1) is 23.1 Å². The molecule has 1 aromatic heterocycles. The van der Waals surface area contributed by atoms with Crippen LogP contribution in [0.25, 0.3) is 11.1 Å². The summed E-state index contributed by atoms with van der Waals surface area (Å²) in [5, 5.41) is 0. The van der Waals surface area contributed by atoms with E-state index < -0.39 is 28.1 Å². The SMILES string of the molecule is CCOC(=O)c1ccc(-c2ccc[nH]c2=S)c(S(=O)(=O)N(C(N)=O)C2CCCCC2)c1. The van der Waals surface area contributed by atoms with Crippen LogP contribution in [0.2, 0.25) is 0 Å². The first-order chi connectivity index (χ1) is 14.8. The second-order valence-electron chi connectivity index (χ2n) is 7.28. The number of hydrogen-bond acceptors (Lipinski definition) is 6. The number of ether oxygens (including phenoxy) is 1. The summed E-state index contributed by atoms with van der Waals surface area (Å²) in [5.41, 5.74) is 6.34. The van der Waals surface area contributed by atoms with Crippen LogP contribution >= 0.6 is 12.2 Å². The summed E-state index contributed by atoms with van der Waals surface area (Å²) >= 11 is 5.34. The van der Waals surface area contributed by atoms with Crippen molar-refractivity contribution in [2.45, 2.75) is 50.0 Å². The molecule has 2 aromatic rings. The highest BCUT2D eigenvalue weighted by Gasteiger charge is 2.37. The molecule has 0 unspecified atom stereocenters. The molecular weight excluding hydrogens is 438 g/mol. The van der Waals surface area contributed by atoms with E-state index in [1.54, 1.807) is 25.3 Å². The number of carbonyl (C=O) groups excluding carboxylic acids is 2. The molecule has 1 fully saturated rings. The van der Waals surface area contributed by atoms with Crippen LogP contribution in [-0.4, -0.2) is 42.4 Å². The van der Waals surface area contributed by atoms with Gasteiger partial charge in [-0.25, -0.2) is 22.3 Å². The lowest BCUT2D eigenvalue weighted by molar-refractivity contribution is 0.0526. The average Bonchev–Trinajstić information content (AvgIpc) is 2.74. The molecule has 0 radical (unpaired) electrons. The minimum Gasteiger partial charge on any atom is -0.462 e. The quantitative estimate of drug-likeness (QED) is 0.493. The second-order valence-corrected chi connectivity index (χ2v) is 9.47. The van der Waals surface area contributed by atoms with E-state index in [9.17, 15) is 18.0 Å². The molecule has 31 heavy (non-hydrogen) atoms. The molecule has 0 saturated heterocycles. The number of carbonyl (C=O) groups is 2. The summed E-state index contributed by atoms with van der Waals surface area (Å²) in [5.74, 6) is -0.660. The number of amides is 2. The van der Waals surface area contributed by atoms with E-state index in [-0.39, 0.29) is 22.6 Å². The summed E-state index contributed by atoms with van der Waals surface area (Å²) < 4.78 is 33.6. The van der Waals surface area contributed by atoms with Crippen LogP contribution < -0.4 is 5.73 Å². The van der Waals surface area contributed by atoms with Crippen molar-refractivity contribution in [3.05, 3.63) is 46.7 Å². The van der Waals surface area contributed by atoms with E-state index in [2.05, 4.69) is 4.98 Å². The Labute approximate surface area is 186 Å². The van der Waals surface area contributed by atoms with Crippen LogP contribution in [0, 0.1) is 4.64 Å². The standard InChI is InChI=1S/C21H25N3O5S2/c1-2-29-20(25)14-10-11-16(17-9-6-12-23-19(17)30)18(13-14)31(27,28)24(21(22)26)15-7-4-3-5-8-15/h6,9-13,15H,2-5,7-8H2,1H3,(H2,22,26)(H,23,30). The number of pyridine rings is 1. The lowest BCUT2D eigenvalue weighted by atomic mass is 9.96. The minimum absolute atomic E-state index is 0.0584. The normalized spacial score (nSPS) is 14.7. The highest BCUT2D eigenvalue weighted by atomic mass is 32.2. The van der Waals surface area contributed by atoms with Crippen molar-refractivity contribution in [2.24, 2.45) is 5.73 Å². The molecule has 2 amide bonds. The Morgan fingerprint density at radius 3 is 2.52 bits per heavy atom. The first kappa shape index (κ1) is 23.0. The molecule has 8 nitrogen and oxygen atoms in total. The zero-order chi connectivity index (χ0) is 22.6. The molecule has 1 saturated carbocycles. The highest BCUT2D eigenvalue weighted by Crippen LogP contribution is 2.34. The van der Waals surface area contributed by atoms with Crippen molar-refractivity contribution in [2.75, 3.05) is 6.61 Å². The Hall–Kier alpha value is -2.72. The molecule has 0 bridgehead atoms. The summed E-state index contributed by atoms with van der Waals surface area (Å²) in [6.07, 6.45) is 5.31. The molecule has 3 N–H and O–H groups in total. The van der Waals surface area contributed by atoms with Gasteiger partial charge in [-0.1, -0.05) is 37.5 Å². The van der Waals surface area contributed by atoms with Gasteiger partial charge in [-0.05, 0) is 44.0 Å². The van der Waals surface area contributed by atoms with Gasteiger partial charge in [-0.15, -0.1) is 0 Å². The number of urea groups is 1. The van der Waals surface area contributed by atoms with Crippen molar-refractivity contribution < 1.29 is 22.7 Å². The van der Waals surface area contributed by atoms with E-state index in [0.29, 0.717) is 23.0 Å². The number of nitrogens with one attached hydrogen (secondary N) is 1. The minimum atomic E-state index is -4.38. The second kappa shape index (κ2) is 9.61.